The third kappa shape index (κ3) is 3.99. The zero-order valence-electron chi connectivity index (χ0n) is 13.5. The first kappa shape index (κ1) is 17.0. The lowest BCUT2D eigenvalue weighted by atomic mass is 10.2. The number of hydrogen-bond acceptors (Lipinski definition) is 4. The molecule has 3 N–H and O–H groups in total. The Morgan fingerprint density at radius 3 is 2.27 bits per heavy atom. The SMILES string of the molecule is O=C(O)C(=Cc1ccc(-c2ccccc2)o1)NC(=O)c1ccc(O)cc1. The highest BCUT2D eigenvalue weighted by atomic mass is 16.4. The highest BCUT2D eigenvalue weighted by molar-refractivity contribution is 6.02. The number of phenols is 1. The van der Waals surface area contributed by atoms with Gasteiger partial charge < -0.3 is 19.9 Å². The molecule has 0 bridgehead atoms. The Balaban J connectivity index is 1.82. The van der Waals surface area contributed by atoms with Gasteiger partial charge >= 0.3 is 5.97 Å². The van der Waals surface area contributed by atoms with Crippen LogP contribution in [0.5, 0.6) is 5.75 Å². The predicted molar refractivity (Wildman–Crippen MR) is 95.3 cm³/mol. The van der Waals surface area contributed by atoms with E-state index < -0.39 is 11.9 Å². The minimum atomic E-state index is -1.30. The second-order valence-corrected chi connectivity index (χ2v) is 5.43. The van der Waals surface area contributed by atoms with Gasteiger partial charge in [0.1, 0.15) is 23.0 Å². The Morgan fingerprint density at radius 1 is 0.923 bits per heavy atom. The third-order valence-electron chi connectivity index (χ3n) is 3.58. The van der Waals surface area contributed by atoms with Crippen LogP contribution in [0.1, 0.15) is 16.1 Å². The summed E-state index contributed by atoms with van der Waals surface area (Å²) in [5.74, 6) is -0.999. The molecule has 3 aromatic rings. The molecule has 2 aromatic carbocycles. The molecule has 0 radical (unpaired) electrons. The van der Waals surface area contributed by atoms with Crippen LogP contribution in [0, 0.1) is 0 Å². The molecule has 1 heterocycles. The zero-order chi connectivity index (χ0) is 18.5. The summed E-state index contributed by atoms with van der Waals surface area (Å²) in [6.07, 6.45) is 1.24. The molecular formula is C20H15NO5. The van der Waals surface area contributed by atoms with Crippen LogP contribution in [0.15, 0.2) is 76.8 Å². The largest absolute Gasteiger partial charge is 0.508 e. The first-order valence-corrected chi connectivity index (χ1v) is 7.73. The lowest BCUT2D eigenvalue weighted by Gasteiger charge is -2.05. The third-order valence-corrected chi connectivity index (χ3v) is 3.58. The number of carbonyl (C=O) groups is 2. The van der Waals surface area contributed by atoms with Crippen LogP contribution in [0.25, 0.3) is 17.4 Å². The second kappa shape index (κ2) is 7.40. The molecule has 0 fully saturated rings. The van der Waals surface area contributed by atoms with Gasteiger partial charge in [0.25, 0.3) is 5.91 Å². The van der Waals surface area contributed by atoms with Gasteiger partial charge in [0.2, 0.25) is 0 Å². The molecule has 0 aliphatic carbocycles. The van der Waals surface area contributed by atoms with Gasteiger partial charge in [0.15, 0.2) is 0 Å². The summed E-state index contributed by atoms with van der Waals surface area (Å²) in [5.41, 5.74) is 0.758. The standard InChI is InChI=1S/C20H15NO5/c22-15-8-6-14(7-9-15)19(23)21-17(20(24)25)12-16-10-11-18(26-16)13-4-2-1-3-5-13/h1-12,22H,(H,21,23)(H,24,25). The molecule has 6 heteroatoms. The van der Waals surface area contributed by atoms with E-state index >= 15 is 0 Å². The van der Waals surface area contributed by atoms with Gasteiger partial charge in [-0.1, -0.05) is 30.3 Å². The average molecular weight is 349 g/mol. The minimum Gasteiger partial charge on any atom is -0.508 e. The maximum atomic E-state index is 12.2. The highest BCUT2D eigenvalue weighted by Crippen LogP contribution is 2.23. The first-order valence-electron chi connectivity index (χ1n) is 7.73. The average Bonchev–Trinajstić information content (AvgIpc) is 3.11. The molecule has 3 rings (SSSR count). The lowest BCUT2D eigenvalue weighted by molar-refractivity contribution is -0.132. The Kier molecular flexibility index (Phi) is 4.85. The van der Waals surface area contributed by atoms with E-state index in [4.69, 9.17) is 4.42 Å². The van der Waals surface area contributed by atoms with E-state index in [9.17, 15) is 19.8 Å². The minimum absolute atomic E-state index is 0.0135. The van der Waals surface area contributed by atoms with Crippen LogP contribution in [-0.2, 0) is 4.79 Å². The van der Waals surface area contributed by atoms with E-state index in [0.717, 1.165) is 5.56 Å². The van der Waals surface area contributed by atoms with Gasteiger partial charge in [-0.3, -0.25) is 4.79 Å². The molecule has 0 saturated heterocycles. The van der Waals surface area contributed by atoms with Crippen molar-refractivity contribution < 1.29 is 24.2 Å². The molecule has 1 aromatic heterocycles. The van der Waals surface area contributed by atoms with E-state index in [1.807, 2.05) is 30.3 Å². The van der Waals surface area contributed by atoms with Crippen molar-refractivity contribution in [2.75, 3.05) is 0 Å². The fraction of sp³-hybridized carbons (Fsp3) is 0. The Labute approximate surface area is 149 Å². The number of nitrogens with one attached hydrogen (secondary N) is 1. The lowest BCUT2D eigenvalue weighted by Crippen LogP contribution is -2.27. The van der Waals surface area contributed by atoms with E-state index in [1.165, 1.54) is 30.3 Å². The van der Waals surface area contributed by atoms with Crippen molar-refractivity contribution in [3.8, 4) is 17.1 Å². The van der Waals surface area contributed by atoms with Crippen molar-refractivity contribution in [2.24, 2.45) is 0 Å². The molecule has 6 nitrogen and oxygen atoms in total. The quantitative estimate of drug-likeness (QED) is 0.612. The second-order valence-electron chi connectivity index (χ2n) is 5.43. The van der Waals surface area contributed by atoms with E-state index in [0.29, 0.717) is 11.5 Å². The van der Waals surface area contributed by atoms with Gasteiger partial charge in [-0.2, -0.15) is 0 Å². The predicted octanol–water partition coefficient (Wildman–Crippen LogP) is 3.51. The summed E-state index contributed by atoms with van der Waals surface area (Å²) >= 11 is 0. The van der Waals surface area contributed by atoms with E-state index in [2.05, 4.69) is 5.32 Å². The van der Waals surface area contributed by atoms with Crippen LogP contribution in [-0.4, -0.2) is 22.1 Å². The molecule has 0 aliphatic heterocycles. The van der Waals surface area contributed by atoms with Gasteiger partial charge in [-0.05, 0) is 36.4 Å². The molecule has 26 heavy (non-hydrogen) atoms. The van der Waals surface area contributed by atoms with Crippen molar-refractivity contribution in [1.82, 2.24) is 5.32 Å². The number of carboxylic acid groups (broad SMARTS) is 1. The summed E-state index contributed by atoms with van der Waals surface area (Å²) in [6.45, 7) is 0. The van der Waals surface area contributed by atoms with Crippen molar-refractivity contribution in [3.63, 3.8) is 0 Å². The van der Waals surface area contributed by atoms with Crippen LogP contribution >= 0.6 is 0 Å². The highest BCUT2D eigenvalue weighted by Gasteiger charge is 2.14. The number of aliphatic carboxylic acids is 1. The number of benzene rings is 2. The Hall–Kier alpha value is -3.80. The summed E-state index contributed by atoms with van der Waals surface area (Å²) in [7, 11) is 0. The summed E-state index contributed by atoms with van der Waals surface area (Å²) in [6, 6.07) is 18.2. The molecular weight excluding hydrogens is 334 g/mol. The van der Waals surface area contributed by atoms with Crippen LogP contribution < -0.4 is 5.32 Å². The maximum Gasteiger partial charge on any atom is 0.352 e. The van der Waals surface area contributed by atoms with E-state index in [-0.39, 0.29) is 17.0 Å². The number of aromatic hydroxyl groups is 1. The Bertz CT molecular complexity index is 955. The topological polar surface area (TPSA) is 99.8 Å². The summed E-state index contributed by atoms with van der Waals surface area (Å²) in [4.78, 5) is 23.6. The maximum absolute atomic E-state index is 12.2. The Morgan fingerprint density at radius 2 is 1.62 bits per heavy atom. The summed E-state index contributed by atoms with van der Waals surface area (Å²) in [5, 5.41) is 20.9. The molecule has 0 aliphatic rings. The van der Waals surface area contributed by atoms with Crippen molar-refractivity contribution in [1.29, 1.82) is 0 Å². The van der Waals surface area contributed by atoms with Gasteiger partial charge in [0, 0.05) is 17.2 Å². The zero-order valence-corrected chi connectivity index (χ0v) is 13.5. The number of rotatable bonds is 5. The fourth-order valence-corrected chi connectivity index (χ4v) is 2.29. The molecule has 0 unspecified atom stereocenters. The van der Waals surface area contributed by atoms with Crippen LogP contribution in [0.4, 0.5) is 0 Å². The van der Waals surface area contributed by atoms with Gasteiger partial charge in [0.05, 0.1) is 0 Å². The molecule has 0 atom stereocenters. The molecule has 0 spiro atoms. The number of carbonyl (C=O) groups excluding carboxylic acids is 1. The van der Waals surface area contributed by atoms with Crippen LogP contribution in [0.3, 0.4) is 0 Å². The van der Waals surface area contributed by atoms with Crippen molar-refractivity contribution in [3.05, 3.63) is 83.8 Å². The molecule has 130 valence electrons. The number of phenolic OH excluding ortho intramolecular Hbond substituents is 1. The van der Waals surface area contributed by atoms with Gasteiger partial charge in [-0.25, -0.2) is 4.79 Å². The van der Waals surface area contributed by atoms with Crippen molar-refractivity contribution >= 4 is 18.0 Å². The number of hydrogen-bond donors (Lipinski definition) is 3. The van der Waals surface area contributed by atoms with E-state index in [1.54, 1.807) is 12.1 Å². The number of furan rings is 1. The number of carboxylic acids is 1. The number of amides is 1. The van der Waals surface area contributed by atoms with Crippen LogP contribution in [0.2, 0.25) is 0 Å². The first-order chi connectivity index (χ1) is 12.5. The van der Waals surface area contributed by atoms with Gasteiger partial charge in [-0.15, -0.1) is 0 Å². The molecule has 0 saturated carbocycles. The fourth-order valence-electron chi connectivity index (χ4n) is 2.29. The normalized spacial score (nSPS) is 11.2. The van der Waals surface area contributed by atoms with Crippen molar-refractivity contribution in [2.45, 2.75) is 0 Å². The smallest absolute Gasteiger partial charge is 0.352 e. The monoisotopic (exact) mass is 349 g/mol. The summed E-state index contributed by atoms with van der Waals surface area (Å²) < 4.78 is 5.63. The molecule has 1 amide bonds.